The molecule has 2 aliphatic rings. The van der Waals surface area contributed by atoms with Crippen LogP contribution >= 0.6 is 0 Å². The van der Waals surface area contributed by atoms with E-state index in [1.54, 1.807) is 24.3 Å². The lowest BCUT2D eigenvalue weighted by Crippen LogP contribution is -2.32. The zero-order valence-electron chi connectivity index (χ0n) is 15.1. The predicted molar refractivity (Wildman–Crippen MR) is 103 cm³/mol. The van der Waals surface area contributed by atoms with Crippen LogP contribution in [0.3, 0.4) is 0 Å². The Kier molecular flexibility index (Phi) is 4.81. The molecule has 4 rings (SSSR count). The van der Waals surface area contributed by atoms with Crippen molar-refractivity contribution in [2.24, 2.45) is 11.7 Å². The molecule has 6 nitrogen and oxygen atoms in total. The van der Waals surface area contributed by atoms with Gasteiger partial charge in [0.1, 0.15) is 5.75 Å². The van der Waals surface area contributed by atoms with Crippen LogP contribution in [0.4, 0.5) is 5.69 Å². The van der Waals surface area contributed by atoms with E-state index in [0.29, 0.717) is 36.7 Å². The first kappa shape index (κ1) is 17.5. The molecule has 0 bridgehead atoms. The number of rotatable bonds is 4. The number of nitrogens with two attached hydrogens (primary N) is 1. The Morgan fingerprint density at radius 1 is 1.19 bits per heavy atom. The maximum Gasteiger partial charge on any atom is 0.265 e. The van der Waals surface area contributed by atoms with E-state index in [0.717, 1.165) is 24.3 Å². The Hall–Kier alpha value is -2.86. The number of nitrogens with zero attached hydrogens (tertiary/aromatic N) is 1. The van der Waals surface area contributed by atoms with Gasteiger partial charge in [0.15, 0.2) is 6.10 Å². The molecular weight excluding hydrogens is 342 g/mol. The first-order valence-electron chi connectivity index (χ1n) is 9.29. The highest BCUT2D eigenvalue weighted by Gasteiger charge is 2.29. The molecule has 0 radical (unpaired) electrons. The van der Waals surface area contributed by atoms with Gasteiger partial charge in [-0.15, -0.1) is 0 Å². The Morgan fingerprint density at radius 2 is 2.04 bits per heavy atom. The average molecular weight is 365 g/mol. The Bertz CT molecular complexity index is 842. The number of amides is 2. The molecule has 2 atom stereocenters. The highest BCUT2D eigenvalue weighted by molar-refractivity contribution is 5.98. The van der Waals surface area contributed by atoms with Gasteiger partial charge in [0.25, 0.3) is 11.8 Å². The summed E-state index contributed by atoms with van der Waals surface area (Å²) in [6.07, 6.45) is 0.943. The second-order valence-corrected chi connectivity index (χ2v) is 7.13. The lowest BCUT2D eigenvalue weighted by atomic mass is 10.1. The summed E-state index contributed by atoms with van der Waals surface area (Å²) >= 11 is 0. The van der Waals surface area contributed by atoms with E-state index in [2.05, 4.69) is 5.32 Å². The summed E-state index contributed by atoms with van der Waals surface area (Å²) in [5, 5.41) is 2.87. The van der Waals surface area contributed by atoms with Gasteiger partial charge in [-0.2, -0.15) is 0 Å². The minimum atomic E-state index is -0.550. The molecule has 0 saturated carbocycles. The number of ether oxygens (including phenoxy) is 1. The van der Waals surface area contributed by atoms with Crippen LogP contribution in [0, 0.1) is 5.92 Å². The normalized spacial score (nSPS) is 20.9. The van der Waals surface area contributed by atoms with E-state index in [9.17, 15) is 9.59 Å². The van der Waals surface area contributed by atoms with Gasteiger partial charge in [-0.1, -0.05) is 24.3 Å². The van der Waals surface area contributed by atoms with Crippen molar-refractivity contribution in [3.8, 4) is 5.75 Å². The van der Waals surface area contributed by atoms with Crippen LogP contribution in [0.2, 0.25) is 0 Å². The standard InChI is InChI=1S/C21H23N3O3/c22-12-14-8-9-24(13-14)21(26)16-5-3-6-17(10-16)23-20(25)19-11-15-4-1-2-7-18(15)27-19/h1-7,10,14,19H,8-9,11-13,22H2,(H,23,25). The number of hydrogen-bond acceptors (Lipinski definition) is 4. The third-order valence-corrected chi connectivity index (χ3v) is 5.22. The molecule has 27 heavy (non-hydrogen) atoms. The molecule has 6 heteroatoms. The van der Waals surface area contributed by atoms with E-state index in [1.807, 2.05) is 29.2 Å². The first-order chi connectivity index (χ1) is 13.1. The molecule has 2 aromatic carbocycles. The molecular formula is C21H23N3O3. The van der Waals surface area contributed by atoms with E-state index in [4.69, 9.17) is 10.5 Å². The van der Waals surface area contributed by atoms with Gasteiger partial charge in [0.05, 0.1) is 0 Å². The van der Waals surface area contributed by atoms with Crippen LogP contribution in [0.1, 0.15) is 22.3 Å². The van der Waals surface area contributed by atoms with Gasteiger partial charge in [-0.25, -0.2) is 0 Å². The largest absolute Gasteiger partial charge is 0.480 e. The predicted octanol–water partition coefficient (Wildman–Crippen LogP) is 2.05. The van der Waals surface area contributed by atoms with Crippen molar-refractivity contribution >= 4 is 17.5 Å². The van der Waals surface area contributed by atoms with Crippen molar-refractivity contribution in [2.45, 2.75) is 18.9 Å². The number of likely N-dealkylation sites (tertiary alicyclic amines) is 1. The fraction of sp³-hybridized carbons (Fsp3) is 0.333. The minimum absolute atomic E-state index is 0.0217. The number of benzene rings is 2. The summed E-state index contributed by atoms with van der Waals surface area (Å²) in [4.78, 5) is 27.1. The molecule has 0 aliphatic carbocycles. The smallest absolute Gasteiger partial charge is 0.265 e. The van der Waals surface area contributed by atoms with Crippen LogP contribution < -0.4 is 15.8 Å². The molecule has 3 N–H and O–H groups in total. The zero-order chi connectivity index (χ0) is 18.8. The summed E-state index contributed by atoms with van der Waals surface area (Å²) in [6.45, 7) is 2.02. The molecule has 2 aromatic rings. The third kappa shape index (κ3) is 3.66. The Labute approximate surface area is 158 Å². The molecule has 2 heterocycles. The molecule has 1 saturated heterocycles. The van der Waals surface area contributed by atoms with Crippen LogP contribution in [-0.2, 0) is 11.2 Å². The average Bonchev–Trinajstić information content (AvgIpc) is 3.34. The number of anilines is 1. The third-order valence-electron chi connectivity index (χ3n) is 5.22. The van der Waals surface area contributed by atoms with E-state index >= 15 is 0 Å². The van der Waals surface area contributed by atoms with Crippen molar-refractivity contribution in [2.75, 3.05) is 25.0 Å². The minimum Gasteiger partial charge on any atom is -0.480 e. The molecule has 140 valence electrons. The fourth-order valence-electron chi connectivity index (χ4n) is 3.67. The Balaban J connectivity index is 1.41. The zero-order valence-corrected chi connectivity index (χ0v) is 15.1. The summed E-state index contributed by atoms with van der Waals surface area (Å²) in [7, 11) is 0. The lowest BCUT2D eigenvalue weighted by Gasteiger charge is -2.17. The Morgan fingerprint density at radius 3 is 2.81 bits per heavy atom. The molecule has 1 fully saturated rings. The second-order valence-electron chi connectivity index (χ2n) is 7.13. The van der Waals surface area contributed by atoms with Crippen molar-refractivity contribution in [1.82, 2.24) is 4.90 Å². The van der Waals surface area contributed by atoms with Crippen molar-refractivity contribution in [3.63, 3.8) is 0 Å². The topological polar surface area (TPSA) is 84.7 Å². The van der Waals surface area contributed by atoms with Crippen molar-refractivity contribution in [1.29, 1.82) is 0 Å². The van der Waals surface area contributed by atoms with Crippen LogP contribution in [0.5, 0.6) is 5.75 Å². The second kappa shape index (κ2) is 7.40. The number of carbonyl (C=O) groups excluding carboxylic acids is 2. The van der Waals surface area contributed by atoms with Gasteiger partial charge in [-0.3, -0.25) is 9.59 Å². The summed E-state index contributed by atoms with van der Waals surface area (Å²) in [5.74, 6) is 0.898. The highest BCUT2D eigenvalue weighted by atomic mass is 16.5. The SMILES string of the molecule is NCC1CCN(C(=O)c2cccc(NC(=O)C3Cc4ccccc4O3)c2)C1. The van der Waals surface area contributed by atoms with Gasteiger partial charge >= 0.3 is 0 Å². The summed E-state index contributed by atoms with van der Waals surface area (Å²) < 4.78 is 5.72. The maximum absolute atomic E-state index is 12.7. The maximum atomic E-state index is 12.7. The van der Waals surface area contributed by atoms with Crippen LogP contribution in [0.25, 0.3) is 0 Å². The van der Waals surface area contributed by atoms with Crippen LogP contribution in [0.15, 0.2) is 48.5 Å². The number of para-hydroxylation sites is 1. The monoisotopic (exact) mass is 365 g/mol. The van der Waals surface area contributed by atoms with E-state index < -0.39 is 6.10 Å². The fourth-order valence-corrected chi connectivity index (χ4v) is 3.67. The lowest BCUT2D eigenvalue weighted by molar-refractivity contribution is -0.122. The molecule has 2 aliphatic heterocycles. The number of hydrogen-bond donors (Lipinski definition) is 2. The van der Waals surface area contributed by atoms with Gasteiger partial charge in [0, 0.05) is 30.8 Å². The first-order valence-corrected chi connectivity index (χ1v) is 9.29. The van der Waals surface area contributed by atoms with E-state index in [1.165, 1.54) is 0 Å². The summed E-state index contributed by atoms with van der Waals surface area (Å²) in [6, 6.07) is 14.7. The molecule has 0 spiro atoms. The van der Waals surface area contributed by atoms with Crippen LogP contribution in [-0.4, -0.2) is 42.5 Å². The molecule has 2 amide bonds. The van der Waals surface area contributed by atoms with Gasteiger partial charge < -0.3 is 20.7 Å². The number of carbonyl (C=O) groups is 2. The van der Waals surface area contributed by atoms with Gasteiger partial charge in [-0.05, 0) is 48.7 Å². The molecule has 0 aromatic heterocycles. The van der Waals surface area contributed by atoms with Gasteiger partial charge in [0.2, 0.25) is 0 Å². The van der Waals surface area contributed by atoms with Crippen molar-refractivity contribution in [3.05, 3.63) is 59.7 Å². The highest BCUT2D eigenvalue weighted by Crippen LogP contribution is 2.28. The summed E-state index contributed by atoms with van der Waals surface area (Å²) in [5.41, 5.74) is 7.91. The number of nitrogens with one attached hydrogen (secondary N) is 1. The van der Waals surface area contributed by atoms with Crippen molar-refractivity contribution < 1.29 is 14.3 Å². The quantitative estimate of drug-likeness (QED) is 0.868. The van der Waals surface area contributed by atoms with E-state index in [-0.39, 0.29) is 11.8 Å². The molecule has 2 unspecified atom stereocenters. The number of fused-ring (bicyclic) bond motifs is 1.